The molecule has 0 amide bonds. The van der Waals surface area contributed by atoms with Crippen molar-refractivity contribution in [2.24, 2.45) is 0 Å². The van der Waals surface area contributed by atoms with E-state index >= 15 is 0 Å². The fourth-order valence-electron chi connectivity index (χ4n) is 1.24. The Morgan fingerprint density at radius 3 is 2.46 bits per heavy atom. The lowest BCUT2D eigenvalue weighted by molar-refractivity contribution is 0.229. The Balaban J connectivity index is 2.97. The lowest BCUT2D eigenvalue weighted by Gasteiger charge is -2.10. The number of hydrogen-bond acceptors (Lipinski definition) is 1. The van der Waals surface area contributed by atoms with Gasteiger partial charge in [-0.1, -0.05) is 44.2 Å². The van der Waals surface area contributed by atoms with Crippen LogP contribution in [0.25, 0.3) is 0 Å². The highest BCUT2D eigenvalue weighted by Crippen LogP contribution is 2.20. The summed E-state index contributed by atoms with van der Waals surface area (Å²) in [6, 6.07) is 7.98. The minimum absolute atomic E-state index is 0.497. The summed E-state index contributed by atoms with van der Waals surface area (Å²) in [4.78, 5) is 0. The summed E-state index contributed by atoms with van der Waals surface area (Å²) in [5.41, 5.74) is 2.17. The van der Waals surface area contributed by atoms with Gasteiger partial charge in [-0.2, -0.15) is 0 Å². The summed E-state index contributed by atoms with van der Waals surface area (Å²) in [5.74, 6) is 0.497. The summed E-state index contributed by atoms with van der Waals surface area (Å²) >= 11 is 0. The Morgan fingerprint density at radius 2 is 1.92 bits per heavy atom. The Morgan fingerprint density at radius 1 is 1.31 bits per heavy atom. The topological polar surface area (TPSA) is 20.2 Å². The zero-order valence-corrected chi connectivity index (χ0v) is 8.20. The van der Waals surface area contributed by atoms with E-state index in [-0.39, 0.29) is 0 Å². The molecule has 0 saturated heterocycles. The Labute approximate surface area is 79.7 Å². The number of hydrogen-bond donors (Lipinski definition) is 1. The third kappa shape index (κ3) is 2.43. The highest BCUT2D eigenvalue weighted by atomic mass is 16.3. The van der Waals surface area contributed by atoms with Crippen LogP contribution in [-0.4, -0.2) is 5.11 Å². The molecule has 1 aromatic carbocycles. The van der Waals surface area contributed by atoms with Crippen molar-refractivity contribution < 1.29 is 5.11 Å². The van der Waals surface area contributed by atoms with Crippen LogP contribution in [0.5, 0.6) is 0 Å². The summed E-state index contributed by atoms with van der Waals surface area (Å²) in [5, 5.41) is 9.52. The number of rotatable bonds is 3. The monoisotopic (exact) mass is 176 g/mol. The van der Waals surface area contributed by atoms with Gasteiger partial charge in [-0.05, 0) is 17.0 Å². The third-order valence-corrected chi connectivity index (χ3v) is 2.14. The van der Waals surface area contributed by atoms with Gasteiger partial charge in [-0.15, -0.1) is 6.58 Å². The van der Waals surface area contributed by atoms with E-state index in [1.54, 1.807) is 6.08 Å². The molecule has 0 heterocycles. The number of benzene rings is 1. The first-order valence-electron chi connectivity index (χ1n) is 4.55. The van der Waals surface area contributed by atoms with E-state index in [0.29, 0.717) is 5.92 Å². The average Bonchev–Trinajstić information content (AvgIpc) is 2.17. The van der Waals surface area contributed by atoms with Gasteiger partial charge in [0, 0.05) is 0 Å². The van der Waals surface area contributed by atoms with E-state index < -0.39 is 6.10 Å². The molecule has 0 bridgehead atoms. The average molecular weight is 176 g/mol. The molecule has 1 rings (SSSR count). The normalized spacial score (nSPS) is 12.9. The van der Waals surface area contributed by atoms with Gasteiger partial charge in [0.2, 0.25) is 0 Å². The molecule has 0 fully saturated rings. The molecule has 1 heteroatoms. The van der Waals surface area contributed by atoms with Gasteiger partial charge in [0.1, 0.15) is 0 Å². The van der Waals surface area contributed by atoms with Crippen LogP contribution in [0.3, 0.4) is 0 Å². The quantitative estimate of drug-likeness (QED) is 0.702. The van der Waals surface area contributed by atoms with Gasteiger partial charge >= 0.3 is 0 Å². The maximum Gasteiger partial charge on any atom is 0.0969 e. The first-order valence-corrected chi connectivity index (χ1v) is 4.55. The van der Waals surface area contributed by atoms with Crippen LogP contribution in [0.1, 0.15) is 37.0 Å². The predicted octanol–water partition coefficient (Wildman–Crippen LogP) is 3.03. The standard InChI is InChI=1S/C12H16O/c1-4-12(13)11-7-5-6-10(8-11)9(2)3/h4-9,12-13H,1H2,2-3H3. The first-order chi connectivity index (χ1) is 6.15. The van der Waals surface area contributed by atoms with E-state index in [0.717, 1.165) is 5.56 Å². The molecule has 0 spiro atoms. The zero-order valence-electron chi connectivity index (χ0n) is 8.20. The second-order valence-electron chi connectivity index (χ2n) is 3.51. The molecule has 0 aliphatic rings. The summed E-state index contributed by atoms with van der Waals surface area (Å²) in [6.07, 6.45) is 0.998. The molecule has 0 radical (unpaired) electrons. The maximum atomic E-state index is 9.52. The van der Waals surface area contributed by atoms with Crippen LogP contribution in [0, 0.1) is 0 Å². The molecule has 0 aliphatic carbocycles. The molecular formula is C12H16O. The molecule has 1 atom stereocenters. The van der Waals surface area contributed by atoms with Crippen molar-refractivity contribution in [3.8, 4) is 0 Å². The first kappa shape index (κ1) is 10.0. The molecular weight excluding hydrogens is 160 g/mol. The fraction of sp³-hybridized carbons (Fsp3) is 0.333. The summed E-state index contributed by atoms with van der Waals surface area (Å²) in [7, 11) is 0. The third-order valence-electron chi connectivity index (χ3n) is 2.14. The van der Waals surface area contributed by atoms with Gasteiger partial charge in [-0.25, -0.2) is 0 Å². The van der Waals surface area contributed by atoms with Crippen molar-refractivity contribution in [3.63, 3.8) is 0 Å². The fourth-order valence-corrected chi connectivity index (χ4v) is 1.24. The Hall–Kier alpha value is -1.08. The highest BCUT2D eigenvalue weighted by Gasteiger charge is 2.04. The highest BCUT2D eigenvalue weighted by molar-refractivity contribution is 5.28. The van der Waals surface area contributed by atoms with Crippen LogP contribution in [-0.2, 0) is 0 Å². The van der Waals surface area contributed by atoms with Crippen LogP contribution >= 0.6 is 0 Å². The van der Waals surface area contributed by atoms with Crippen LogP contribution in [0.2, 0.25) is 0 Å². The van der Waals surface area contributed by atoms with E-state index in [1.807, 2.05) is 18.2 Å². The molecule has 0 aromatic heterocycles. The summed E-state index contributed by atoms with van der Waals surface area (Å²) in [6.45, 7) is 7.84. The van der Waals surface area contributed by atoms with Crippen molar-refractivity contribution in [1.29, 1.82) is 0 Å². The van der Waals surface area contributed by atoms with Gasteiger partial charge in [0.05, 0.1) is 6.10 Å². The second kappa shape index (κ2) is 4.24. The molecule has 0 aliphatic heterocycles. The lowest BCUT2D eigenvalue weighted by Crippen LogP contribution is -1.95. The minimum atomic E-state index is -0.543. The van der Waals surface area contributed by atoms with Crippen molar-refractivity contribution >= 4 is 0 Å². The van der Waals surface area contributed by atoms with E-state index in [9.17, 15) is 5.11 Å². The minimum Gasteiger partial charge on any atom is -0.384 e. The number of aliphatic hydroxyl groups is 1. The smallest absolute Gasteiger partial charge is 0.0969 e. The summed E-state index contributed by atoms with van der Waals surface area (Å²) < 4.78 is 0. The van der Waals surface area contributed by atoms with Gasteiger partial charge < -0.3 is 5.11 Å². The molecule has 13 heavy (non-hydrogen) atoms. The lowest BCUT2D eigenvalue weighted by atomic mass is 9.99. The van der Waals surface area contributed by atoms with E-state index in [4.69, 9.17) is 0 Å². The van der Waals surface area contributed by atoms with Gasteiger partial charge in [-0.3, -0.25) is 0 Å². The van der Waals surface area contributed by atoms with Crippen LogP contribution in [0.15, 0.2) is 36.9 Å². The predicted molar refractivity (Wildman–Crippen MR) is 55.7 cm³/mol. The molecule has 1 aromatic rings. The number of aliphatic hydroxyl groups excluding tert-OH is 1. The van der Waals surface area contributed by atoms with E-state index in [2.05, 4.69) is 26.5 Å². The second-order valence-corrected chi connectivity index (χ2v) is 3.51. The Kier molecular flexibility index (Phi) is 3.26. The molecule has 1 N–H and O–H groups in total. The molecule has 1 nitrogen and oxygen atoms in total. The van der Waals surface area contributed by atoms with Crippen LogP contribution in [0.4, 0.5) is 0 Å². The maximum absolute atomic E-state index is 9.52. The Bertz CT molecular complexity index is 289. The van der Waals surface area contributed by atoms with Crippen molar-refractivity contribution in [2.45, 2.75) is 25.9 Å². The molecule has 1 unspecified atom stereocenters. The largest absolute Gasteiger partial charge is 0.384 e. The zero-order chi connectivity index (χ0) is 9.84. The van der Waals surface area contributed by atoms with E-state index in [1.165, 1.54) is 5.56 Å². The van der Waals surface area contributed by atoms with Crippen LogP contribution < -0.4 is 0 Å². The van der Waals surface area contributed by atoms with Gasteiger partial charge in [0.25, 0.3) is 0 Å². The molecule has 0 saturated carbocycles. The van der Waals surface area contributed by atoms with Crippen molar-refractivity contribution in [1.82, 2.24) is 0 Å². The van der Waals surface area contributed by atoms with Gasteiger partial charge in [0.15, 0.2) is 0 Å². The SMILES string of the molecule is C=CC(O)c1cccc(C(C)C)c1. The van der Waals surface area contributed by atoms with Crippen molar-refractivity contribution in [2.75, 3.05) is 0 Å². The van der Waals surface area contributed by atoms with Crippen molar-refractivity contribution in [3.05, 3.63) is 48.0 Å². The molecule has 70 valence electrons.